The van der Waals surface area contributed by atoms with E-state index < -0.39 is 11.7 Å². The van der Waals surface area contributed by atoms with Crippen molar-refractivity contribution in [2.45, 2.75) is 13.3 Å². The molecule has 0 atom stereocenters. The number of halogens is 2. The molecule has 3 aromatic rings. The van der Waals surface area contributed by atoms with Crippen molar-refractivity contribution in [3.63, 3.8) is 0 Å². The Kier molecular flexibility index (Phi) is 6.70. The minimum atomic E-state index is -0.823. The Hall–Kier alpha value is -2.66. The normalized spacial score (nSPS) is 11.1. The van der Waals surface area contributed by atoms with Crippen LogP contribution in [0.15, 0.2) is 36.7 Å². The first-order chi connectivity index (χ1) is 13.9. The van der Waals surface area contributed by atoms with Crippen molar-refractivity contribution < 1.29 is 14.4 Å². The van der Waals surface area contributed by atoms with Crippen LogP contribution >= 0.6 is 23.5 Å². The summed E-state index contributed by atoms with van der Waals surface area (Å²) in [5.74, 6) is -0.578. The first-order valence-electron chi connectivity index (χ1n) is 8.59. The second kappa shape index (κ2) is 9.23. The summed E-state index contributed by atoms with van der Waals surface area (Å²) in [5, 5.41) is 12.8. The number of nitrogens with one attached hydrogen (secondary N) is 2. The van der Waals surface area contributed by atoms with E-state index >= 15 is 0 Å². The number of nitrogens with zero attached hydrogens (tertiary/aromatic N) is 3. The number of carbonyl (C=O) groups is 1. The van der Waals surface area contributed by atoms with Gasteiger partial charge in [-0.05, 0) is 47.2 Å². The van der Waals surface area contributed by atoms with Gasteiger partial charge in [-0.2, -0.15) is 0 Å². The van der Waals surface area contributed by atoms with Crippen molar-refractivity contribution in [3.05, 3.63) is 53.1 Å². The molecule has 0 aliphatic rings. The Morgan fingerprint density at radius 3 is 2.90 bits per heavy atom. The van der Waals surface area contributed by atoms with Crippen LogP contribution in [0, 0.1) is 5.82 Å². The molecular formula is C18H18ClFN6O2S. The summed E-state index contributed by atoms with van der Waals surface area (Å²) in [7, 11) is 0. The molecule has 0 saturated carbocycles. The molecule has 5 N–H and O–H groups in total. The van der Waals surface area contributed by atoms with Crippen LogP contribution in [0.25, 0.3) is 10.9 Å². The van der Waals surface area contributed by atoms with Crippen molar-refractivity contribution in [2.75, 3.05) is 22.2 Å². The smallest absolute Gasteiger partial charge is 0.257 e. The van der Waals surface area contributed by atoms with Gasteiger partial charge < -0.3 is 11.1 Å². The molecule has 152 valence electrons. The van der Waals surface area contributed by atoms with Gasteiger partial charge in [0.25, 0.3) is 5.91 Å². The highest BCUT2D eigenvalue weighted by atomic mass is 35.5. The van der Waals surface area contributed by atoms with Crippen molar-refractivity contribution >= 4 is 57.6 Å². The number of anilines is 3. The summed E-state index contributed by atoms with van der Waals surface area (Å²) in [4.78, 5) is 20.8. The summed E-state index contributed by atoms with van der Waals surface area (Å²) in [6.45, 7) is 1.95. The Bertz CT molecular complexity index is 1050. The molecule has 11 heteroatoms. The zero-order valence-electron chi connectivity index (χ0n) is 15.3. The highest BCUT2D eigenvalue weighted by Gasteiger charge is 2.19. The van der Waals surface area contributed by atoms with Crippen LogP contribution in [0.5, 0.6) is 0 Å². The number of carbonyl (C=O) groups excluding carboxylic acids is 1. The molecule has 0 aliphatic heterocycles. The Morgan fingerprint density at radius 2 is 2.14 bits per heavy atom. The SMILES string of the molecule is CCCSN(O)Nc1ccc(Cl)c(NC(=O)c2cccc3c(N)ncnc23)c1F. The number of hydrazine groups is 1. The van der Waals surface area contributed by atoms with E-state index in [0.29, 0.717) is 21.2 Å². The van der Waals surface area contributed by atoms with Gasteiger partial charge in [-0.25, -0.2) is 14.4 Å². The number of hydrogen-bond donors (Lipinski definition) is 4. The molecule has 1 amide bonds. The quantitative estimate of drug-likeness (QED) is 0.319. The lowest BCUT2D eigenvalue weighted by atomic mass is 10.1. The van der Waals surface area contributed by atoms with Gasteiger partial charge in [0.1, 0.15) is 12.1 Å². The standard InChI is InChI=1S/C18H18ClFN6O2S/c1-2-8-29-26(28)25-13-7-6-12(19)16(14(13)20)24-18(27)11-5-3-4-10-15(11)22-9-23-17(10)21/h3-7,9,25,28H,2,8H2,1H3,(H,24,27)(H2,21,22,23). The molecule has 0 aliphatic carbocycles. The van der Waals surface area contributed by atoms with E-state index in [0.717, 1.165) is 18.4 Å². The molecule has 0 fully saturated rings. The van der Waals surface area contributed by atoms with Gasteiger partial charge in [-0.1, -0.05) is 24.6 Å². The fraction of sp³-hybridized carbons (Fsp3) is 0.167. The third-order valence-electron chi connectivity index (χ3n) is 3.90. The molecule has 29 heavy (non-hydrogen) atoms. The third kappa shape index (κ3) is 4.67. The maximum absolute atomic E-state index is 14.9. The fourth-order valence-electron chi connectivity index (χ4n) is 2.54. The molecular weight excluding hydrogens is 419 g/mol. The monoisotopic (exact) mass is 436 g/mol. The summed E-state index contributed by atoms with van der Waals surface area (Å²) in [5.41, 5.74) is 8.56. The molecule has 0 unspecified atom stereocenters. The van der Waals surface area contributed by atoms with Crippen molar-refractivity contribution in [1.29, 1.82) is 0 Å². The first kappa shape index (κ1) is 21.1. The number of nitrogens with two attached hydrogens (primary N) is 1. The first-order valence-corrected chi connectivity index (χ1v) is 9.91. The molecule has 0 spiro atoms. The van der Waals surface area contributed by atoms with Gasteiger partial charge in [-0.3, -0.25) is 15.4 Å². The van der Waals surface area contributed by atoms with E-state index in [4.69, 9.17) is 17.3 Å². The number of rotatable bonds is 7. The van der Waals surface area contributed by atoms with Gasteiger partial charge in [0, 0.05) is 11.1 Å². The number of para-hydroxylation sites is 1. The molecule has 3 rings (SSSR count). The molecule has 0 bridgehead atoms. The second-order valence-electron chi connectivity index (χ2n) is 5.92. The minimum absolute atomic E-state index is 0.00137. The molecule has 2 aromatic carbocycles. The maximum atomic E-state index is 14.9. The minimum Gasteiger partial charge on any atom is -0.383 e. The topological polar surface area (TPSA) is 116 Å². The average Bonchev–Trinajstić information content (AvgIpc) is 2.71. The van der Waals surface area contributed by atoms with Gasteiger partial charge in [-0.15, -0.1) is 0 Å². The number of hydrogen-bond acceptors (Lipinski definition) is 8. The molecule has 0 saturated heterocycles. The summed E-state index contributed by atoms with van der Waals surface area (Å²) < 4.78 is 15.6. The van der Waals surface area contributed by atoms with Crippen molar-refractivity contribution in [1.82, 2.24) is 14.5 Å². The van der Waals surface area contributed by atoms with Gasteiger partial charge in [0.15, 0.2) is 5.82 Å². The highest BCUT2D eigenvalue weighted by molar-refractivity contribution is 7.96. The van der Waals surface area contributed by atoms with Crippen LogP contribution in [-0.4, -0.2) is 31.4 Å². The molecule has 1 heterocycles. The lowest BCUT2D eigenvalue weighted by molar-refractivity contribution is 0.0434. The summed E-state index contributed by atoms with van der Waals surface area (Å²) >= 11 is 7.16. The van der Waals surface area contributed by atoms with Gasteiger partial charge >= 0.3 is 0 Å². The van der Waals surface area contributed by atoms with E-state index in [1.807, 2.05) is 6.92 Å². The fourth-order valence-corrected chi connectivity index (χ4v) is 3.25. The van der Waals surface area contributed by atoms with Crippen LogP contribution < -0.4 is 16.5 Å². The predicted molar refractivity (Wildman–Crippen MR) is 113 cm³/mol. The zero-order chi connectivity index (χ0) is 21.0. The summed E-state index contributed by atoms with van der Waals surface area (Å²) in [6.07, 6.45) is 2.07. The number of aromatic nitrogens is 2. The lowest BCUT2D eigenvalue weighted by Crippen LogP contribution is -2.21. The number of nitrogen functional groups attached to an aromatic ring is 1. The number of fused-ring (bicyclic) bond motifs is 1. The van der Waals surface area contributed by atoms with E-state index in [9.17, 15) is 14.4 Å². The molecule has 1 aromatic heterocycles. The highest BCUT2D eigenvalue weighted by Crippen LogP contribution is 2.32. The van der Waals surface area contributed by atoms with E-state index in [2.05, 4.69) is 20.7 Å². The Balaban J connectivity index is 1.89. The number of amides is 1. The number of benzene rings is 2. The summed E-state index contributed by atoms with van der Waals surface area (Å²) in [6, 6.07) is 7.61. The molecule has 0 radical (unpaired) electrons. The molecule has 8 nitrogen and oxygen atoms in total. The second-order valence-corrected chi connectivity index (χ2v) is 7.34. The third-order valence-corrected chi connectivity index (χ3v) is 5.15. The average molecular weight is 437 g/mol. The van der Waals surface area contributed by atoms with Crippen LogP contribution in [0.4, 0.5) is 21.6 Å². The van der Waals surface area contributed by atoms with Crippen molar-refractivity contribution in [2.24, 2.45) is 0 Å². The Labute approximate surface area is 175 Å². The van der Waals surface area contributed by atoms with E-state index in [1.165, 1.54) is 24.5 Å². The Morgan fingerprint density at radius 1 is 1.34 bits per heavy atom. The van der Waals surface area contributed by atoms with E-state index in [-0.39, 0.29) is 27.8 Å². The van der Waals surface area contributed by atoms with Crippen molar-refractivity contribution in [3.8, 4) is 0 Å². The van der Waals surface area contributed by atoms with Gasteiger partial charge in [0.2, 0.25) is 0 Å². The van der Waals surface area contributed by atoms with Crippen LogP contribution in [0.2, 0.25) is 5.02 Å². The van der Waals surface area contributed by atoms with Crippen LogP contribution in [-0.2, 0) is 0 Å². The van der Waals surface area contributed by atoms with Crippen LogP contribution in [0.3, 0.4) is 0 Å². The predicted octanol–water partition coefficient (Wildman–Crippen LogP) is 4.33. The van der Waals surface area contributed by atoms with Gasteiger partial charge in [0.05, 0.1) is 27.5 Å². The largest absolute Gasteiger partial charge is 0.383 e. The maximum Gasteiger partial charge on any atom is 0.257 e. The zero-order valence-corrected chi connectivity index (χ0v) is 16.9. The van der Waals surface area contributed by atoms with Crippen LogP contribution in [0.1, 0.15) is 23.7 Å². The van der Waals surface area contributed by atoms with E-state index in [1.54, 1.807) is 12.1 Å². The lowest BCUT2D eigenvalue weighted by Gasteiger charge is -2.18.